The molecule has 0 fully saturated rings. The maximum absolute atomic E-state index is 11.6. The first kappa shape index (κ1) is 13.1. The normalized spacial score (nSPS) is 10.0. The summed E-state index contributed by atoms with van der Waals surface area (Å²) in [7, 11) is 0. The summed E-state index contributed by atoms with van der Waals surface area (Å²) in [5.41, 5.74) is 5.71. The third kappa shape index (κ3) is 5.23. The van der Waals surface area contributed by atoms with Gasteiger partial charge in [0.15, 0.2) is 0 Å². The van der Waals surface area contributed by atoms with Crippen molar-refractivity contribution in [2.24, 2.45) is 5.73 Å². The zero-order valence-corrected chi connectivity index (χ0v) is 10.4. The quantitative estimate of drug-likeness (QED) is 0.787. The van der Waals surface area contributed by atoms with Gasteiger partial charge in [-0.3, -0.25) is 9.59 Å². The van der Waals surface area contributed by atoms with Crippen LogP contribution in [0.15, 0.2) is 30.3 Å². The lowest BCUT2D eigenvalue weighted by molar-refractivity contribution is -0.115. The molecular formula is C11H13NO2S2. The number of thioether (sulfide) groups is 2. The molecule has 0 saturated heterocycles. The average molecular weight is 255 g/mol. The number of amides is 1. The molecule has 0 bridgehead atoms. The monoisotopic (exact) mass is 255 g/mol. The molecule has 0 aliphatic heterocycles. The highest BCUT2D eigenvalue weighted by molar-refractivity contribution is 8.14. The van der Waals surface area contributed by atoms with Gasteiger partial charge in [-0.25, -0.2) is 0 Å². The number of carbonyl (C=O) groups is 2. The minimum absolute atomic E-state index is 0.0697. The summed E-state index contributed by atoms with van der Waals surface area (Å²) in [6, 6.07) is 9.16. The number of nitrogens with two attached hydrogens (primary N) is 1. The molecule has 3 nitrogen and oxygen atoms in total. The van der Waals surface area contributed by atoms with Crippen molar-refractivity contribution in [3.05, 3.63) is 35.9 Å². The Bertz CT molecular complexity index is 354. The summed E-state index contributed by atoms with van der Waals surface area (Å²) in [5, 5.41) is 0.0697. The van der Waals surface area contributed by atoms with E-state index in [1.165, 1.54) is 23.5 Å². The lowest BCUT2D eigenvalue weighted by Gasteiger charge is -2.00. The van der Waals surface area contributed by atoms with Crippen molar-refractivity contribution in [3.63, 3.8) is 0 Å². The molecule has 0 aromatic heterocycles. The highest BCUT2D eigenvalue weighted by atomic mass is 32.2. The van der Waals surface area contributed by atoms with Gasteiger partial charge in [-0.2, -0.15) is 11.8 Å². The van der Waals surface area contributed by atoms with Crippen LogP contribution in [0.1, 0.15) is 10.4 Å². The second-order valence-electron chi connectivity index (χ2n) is 3.02. The second-order valence-corrected chi connectivity index (χ2v) is 5.19. The van der Waals surface area contributed by atoms with Crippen molar-refractivity contribution in [2.45, 2.75) is 0 Å². The molecule has 0 heterocycles. The van der Waals surface area contributed by atoms with Crippen LogP contribution in [0.2, 0.25) is 0 Å². The predicted octanol–water partition coefficient (Wildman–Crippen LogP) is 1.78. The van der Waals surface area contributed by atoms with E-state index in [0.717, 1.165) is 5.75 Å². The summed E-state index contributed by atoms with van der Waals surface area (Å²) in [4.78, 5) is 22.0. The number of hydrogen-bond donors (Lipinski definition) is 1. The van der Waals surface area contributed by atoms with Crippen LogP contribution in [0, 0.1) is 0 Å². The van der Waals surface area contributed by atoms with Gasteiger partial charge < -0.3 is 5.73 Å². The van der Waals surface area contributed by atoms with Gasteiger partial charge in [-0.15, -0.1) is 0 Å². The van der Waals surface area contributed by atoms with Crippen LogP contribution in [0.25, 0.3) is 0 Å². The maximum atomic E-state index is 11.6. The van der Waals surface area contributed by atoms with E-state index in [9.17, 15) is 9.59 Å². The number of primary amides is 1. The molecule has 0 spiro atoms. The molecule has 0 unspecified atom stereocenters. The Kier molecular flexibility index (Phi) is 6.03. The van der Waals surface area contributed by atoms with Crippen molar-refractivity contribution in [1.82, 2.24) is 0 Å². The standard InChI is InChI=1S/C11H13NO2S2/c12-10(13)8-15-6-7-16-11(14)9-4-2-1-3-5-9/h1-5H,6-8H2,(H2,12,13). The maximum Gasteiger partial charge on any atom is 0.227 e. The van der Waals surface area contributed by atoms with E-state index >= 15 is 0 Å². The molecule has 0 radical (unpaired) electrons. The topological polar surface area (TPSA) is 60.2 Å². The van der Waals surface area contributed by atoms with Crippen molar-refractivity contribution < 1.29 is 9.59 Å². The van der Waals surface area contributed by atoms with E-state index in [-0.39, 0.29) is 11.0 Å². The molecule has 0 atom stereocenters. The lowest BCUT2D eigenvalue weighted by Crippen LogP contribution is -2.13. The van der Waals surface area contributed by atoms with Gasteiger partial charge in [0.1, 0.15) is 0 Å². The smallest absolute Gasteiger partial charge is 0.227 e. The summed E-state index contributed by atoms with van der Waals surface area (Å²) in [6.45, 7) is 0. The Labute approximate surface area is 103 Å². The predicted molar refractivity (Wildman–Crippen MR) is 69.7 cm³/mol. The Morgan fingerprint density at radius 1 is 1.12 bits per heavy atom. The molecule has 5 heteroatoms. The molecule has 1 rings (SSSR count). The van der Waals surface area contributed by atoms with Crippen LogP contribution in [-0.4, -0.2) is 28.3 Å². The minimum atomic E-state index is -0.315. The van der Waals surface area contributed by atoms with Crippen molar-refractivity contribution in [2.75, 3.05) is 17.3 Å². The van der Waals surface area contributed by atoms with Crippen LogP contribution >= 0.6 is 23.5 Å². The van der Waals surface area contributed by atoms with Gasteiger partial charge in [-0.1, -0.05) is 42.1 Å². The van der Waals surface area contributed by atoms with E-state index < -0.39 is 0 Å². The molecule has 1 amide bonds. The van der Waals surface area contributed by atoms with E-state index in [0.29, 0.717) is 17.1 Å². The van der Waals surface area contributed by atoms with Crippen LogP contribution in [0.3, 0.4) is 0 Å². The zero-order chi connectivity index (χ0) is 11.8. The highest BCUT2D eigenvalue weighted by Gasteiger charge is 2.05. The third-order valence-electron chi connectivity index (χ3n) is 1.71. The molecule has 0 saturated carbocycles. The van der Waals surface area contributed by atoms with E-state index in [1.807, 2.05) is 18.2 Å². The van der Waals surface area contributed by atoms with Gasteiger partial charge in [0, 0.05) is 17.1 Å². The Morgan fingerprint density at radius 2 is 1.81 bits per heavy atom. The number of rotatable bonds is 6. The SMILES string of the molecule is NC(=O)CSCCSC(=O)c1ccccc1. The van der Waals surface area contributed by atoms with Gasteiger partial charge >= 0.3 is 0 Å². The van der Waals surface area contributed by atoms with E-state index in [4.69, 9.17) is 5.73 Å². The third-order valence-corrected chi connectivity index (χ3v) is 3.86. The fourth-order valence-corrected chi connectivity index (χ4v) is 2.66. The fraction of sp³-hybridized carbons (Fsp3) is 0.273. The first-order valence-electron chi connectivity index (χ1n) is 4.78. The highest BCUT2D eigenvalue weighted by Crippen LogP contribution is 2.13. The number of benzene rings is 1. The lowest BCUT2D eigenvalue weighted by atomic mass is 10.2. The largest absolute Gasteiger partial charge is 0.369 e. The summed E-state index contributed by atoms with van der Waals surface area (Å²) in [6.07, 6.45) is 0. The first-order valence-corrected chi connectivity index (χ1v) is 6.92. The molecule has 16 heavy (non-hydrogen) atoms. The van der Waals surface area contributed by atoms with Gasteiger partial charge in [0.2, 0.25) is 11.0 Å². The summed E-state index contributed by atoms with van der Waals surface area (Å²) < 4.78 is 0. The summed E-state index contributed by atoms with van der Waals surface area (Å²) in [5.74, 6) is 1.46. The zero-order valence-electron chi connectivity index (χ0n) is 8.72. The van der Waals surface area contributed by atoms with Crippen molar-refractivity contribution in [1.29, 1.82) is 0 Å². The van der Waals surface area contributed by atoms with Crippen LogP contribution in [0.4, 0.5) is 0 Å². The molecule has 0 aliphatic carbocycles. The molecule has 1 aromatic carbocycles. The molecule has 0 aliphatic rings. The number of carbonyl (C=O) groups excluding carboxylic acids is 2. The van der Waals surface area contributed by atoms with E-state index in [2.05, 4.69) is 0 Å². The van der Waals surface area contributed by atoms with E-state index in [1.54, 1.807) is 12.1 Å². The molecule has 1 aromatic rings. The van der Waals surface area contributed by atoms with Gasteiger partial charge in [0.05, 0.1) is 5.75 Å². The molecule has 2 N–H and O–H groups in total. The second kappa shape index (κ2) is 7.35. The average Bonchev–Trinajstić information content (AvgIpc) is 2.29. The van der Waals surface area contributed by atoms with Gasteiger partial charge in [-0.05, 0) is 0 Å². The van der Waals surface area contributed by atoms with Crippen molar-refractivity contribution in [3.8, 4) is 0 Å². The Hall–Kier alpha value is -0.940. The Balaban J connectivity index is 2.19. The van der Waals surface area contributed by atoms with Crippen LogP contribution in [0.5, 0.6) is 0 Å². The van der Waals surface area contributed by atoms with Gasteiger partial charge in [0.25, 0.3) is 0 Å². The number of hydrogen-bond acceptors (Lipinski definition) is 4. The molecule has 86 valence electrons. The first-order chi connectivity index (χ1) is 7.70. The minimum Gasteiger partial charge on any atom is -0.369 e. The summed E-state index contributed by atoms with van der Waals surface area (Å²) >= 11 is 2.72. The van der Waals surface area contributed by atoms with Crippen LogP contribution < -0.4 is 5.73 Å². The Morgan fingerprint density at radius 3 is 2.44 bits per heavy atom. The van der Waals surface area contributed by atoms with Crippen LogP contribution in [-0.2, 0) is 4.79 Å². The fourth-order valence-electron chi connectivity index (χ4n) is 1.02. The van der Waals surface area contributed by atoms with Crippen molar-refractivity contribution >= 4 is 34.5 Å². The molecular weight excluding hydrogens is 242 g/mol.